The summed E-state index contributed by atoms with van der Waals surface area (Å²) >= 11 is 3.45. The van der Waals surface area contributed by atoms with Crippen molar-refractivity contribution in [2.75, 3.05) is 11.9 Å². The van der Waals surface area contributed by atoms with E-state index in [0.29, 0.717) is 0 Å². The molecule has 0 fully saturated rings. The lowest BCUT2D eigenvalue weighted by atomic mass is 10.1. The smallest absolute Gasteiger partial charge is 0.130 e. The van der Waals surface area contributed by atoms with Crippen LogP contribution in [0.25, 0.3) is 0 Å². The molecular weight excluding hydrogens is 266 g/mol. The first-order valence-electron chi connectivity index (χ1n) is 5.55. The molecule has 0 aliphatic heterocycles. The summed E-state index contributed by atoms with van der Waals surface area (Å²) in [6, 6.07) is 2.10. The molecule has 1 heterocycles. The summed E-state index contributed by atoms with van der Waals surface area (Å²) in [6.45, 7) is 10.3. The highest BCUT2D eigenvalue weighted by molar-refractivity contribution is 9.10. The molecular formula is C12H20BrN3. The van der Waals surface area contributed by atoms with Crippen molar-refractivity contribution in [2.24, 2.45) is 0 Å². The number of hydrogen-bond donors (Lipinski definition) is 2. The van der Waals surface area contributed by atoms with Gasteiger partial charge >= 0.3 is 0 Å². The number of pyridine rings is 1. The van der Waals surface area contributed by atoms with Gasteiger partial charge in [0.05, 0.1) is 0 Å². The Morgan fingerprint density at radius 3 is 2.62 bits per heavy atom. The van der Waals surface area contributed by atoms with E-state index in [1.807, 2.05) is 6.20 Å². The Morgan fingerprint density at radius 1 is 1.38 bits per heavy atom. The van der Waals surface area contributed by atoms with Gasteiger partial charge in [-0.15, -0.1) is 0 Å². The molecule has 0 saturated carbocycles. The average molecular weight is 286 g/mol. The fourth-order valence-corrected chi connectivity index (χ4v) is 1.68. The van der Waals surface area contributed by atoms with E-state index in [9.17, 15) is 0 Å². The van der Waals surface area contributed by atoms with E-state index in [-0.39, 0.29) is 5.54 Å². The number of aromatic nitrogens is 1. The van der Waals surface area contributed by atoms with Crippen molar-refractivity contribution in [3.05, 3.63) is 22.3 Å². The van der Waals surface area contributed by atoms with Crippen molar-refractivity contribution in [2.45, 2.75) is 39.8 Å². The molecule has 90 valence electrons. The normalized spacial score (nSPS) is 11.6. The molecule has 1 aromatic heterocycles. The molecule has 0 bridgehead atoms. The summed E-state index contributed by atoms with van der Waals surface area (Å²) in [5.41, 5.74) is 1.30. The molecule has 0 atom stereocenters. The van der Waals surface area contributed by atoms with Gasteiger partial charge in [0.2, 0.25) is 0 Å². The highest BCUT2D eigenvalue weighted by Crippen LogP contribution is 2.18. The maximum Gasteiger partial charge on any atom is 0.130 e. The summed E-state index contributed by atoms with van der Waals surface area (Å²) in [7, 11) is 0. The summed E-state index contributed by atoms with van der Waals surface area (Å²) in [6.07, 6.45) is 1.82. The van der Waals surface area contributed by atoms with Crippen molar-refractivity contribution >= 4 is 21.7 Å². The van der Waals surface area contributed by atoms with Gasteiger partial charge in [0.25, 0.3) is 0 Å². The molecule has 0 saturated heterocycles. The lowest BCUT2D eigenvalue weighted by molar-refractivity contribution is 0.424. The summed E-state index contributed by atoms with van der Waals surface area (Å²) in [5, 5.41) is 6.73. The Balaban J connectivity index is 2.79. The quantitative estimate of drug-likeness (QED) is 0.892. The van der Waals surface area contributed by atoms with Gasteiger partial charge in [-0.3, -0.25) is 0 Å². The third kappa shape index (κ3) is 4.49. The van der Waals surface area contributed by atoms with Crippen LogP contribution in [-0.2, 0) is 6.54 Å². The molecule has 2 N–H and O–H groups in total. The first-order chi connectivity index (χ1) is 7.42. The van der Waals surface area contributed by atoms with Crippen molar-refractivity contribution in [1.82, 2.24) is 10.3 Å². The fraction of sp³-hybridized carbons (Fsp3) is 0.583. The number of halogens is 1. The molecule has 16 heavy (non-hydrogen) atoms. The number of anilines is 1. The zero-order chi connectivity index (χ0) is 12.2. The van der Waals surface area contributed by atoms with Gasteiger partial charge < -0.3 is 10.6 Å². The van der Waals surface area contributed by atoms with Crippen molar-refractivity contribution in [3.63, 3.8) is 0 Å². The number of nitrogens with one attached hydrogen (secondary N) is 2. The van der Waals surface area contributed by atoms with E-state index in [0.717, 1.165) is 23.4 Å². The van der Waals surface area contributed by atoms with Crippen LogP contribution in [0.1, 0.15) is 33.3 Å². The molecule has 0 aliphatic rings. The maximum atomic E-state index is 4.37. The molecule has 0 aliphatic carbocycles. The second-order valence-corrected chi connectivity index (χ2v) is 5.71. The molecule has 0 aromatic carbocycles. The highest BCUT2D eigenvalue weighted by atomic mass is 79.9. The Bertz CT molecular complexity index is 345. The molecule has 0 amide bonds. The molecule has 0 spiro atoms. The largest absolute Gasteiger partial charge is 0.370 e. The maximum absolute atomic E-state index is 4.37. The molecule has 3 nitrogen and oxygen atoms in total. The van der Waals surface area contributed by atoms with Crippen LogP contribution < -0.4 is 10.6 Å². The highest BCUT2D eigenvalue weighted by Gasteiger charge is 2.11. The second-order valence-electron chi connectivity index (χ2n) is 4.80. The standard InChI is InChI=1S/C12H20BrN3/c1-5-14-11-9(6-10(13)8-15-11)7-16-12(2,3)4/h6,8,16H,5,7H2,1-4H3,(H,14,15). The van der Waals surface area contributed by atoms with Crippen molar-refractivity contribution in [1.29, 1.82) is 0 Å². The predicted octanol–water partition coefficient (Wildman–Crippen LogP) is 3.16. The summed E-state index contributed by atoms with van der Waals surface area (Å²) < 4.78 is 1.01. The lowest BCUT2D eigenvalue weighted by Crippen LogP contribution is -2.35. The molecule has 0 radical (unpaired) electrons. The number of rotatable bonds is 4. The molecule has 0 unspecified atom stereocenters. The average Bonchev–Trinajstić information content (AvgIpc) is 2.17. The third-order valence-corrected chi connectivity index (χ3v) is 2.52. The van der Waals surface area contributed by atoms with E-state index in [1.165, 1.54) is 5.56 Å². The van der Waals surface area contributed by atoms with E-state index in [2.05, 4.69) is 65.3 Å². The van der Waals surface area contributed by atoms with E-state index < -0.39 is 0 Å². The fourth-order valence-electron chi connectivity index (χ4n) is 1.30. The number of nitrogens with zero attached hydrogens (tertiary/aromatic N) is 1. The van der Waals surface area contributed by atoms with Crippen LogP contribution in [0.2, 0.25) is 0 Å². The molecule has 4 heteroatoms. The Hall–Kier alpha value is -0.610. The van der Waals surface area contributed by atoms with Crippen LogP contribution in [0, 0.1) is 0 Å². The predicted molar refractivity (Wildman–Crippen MR) is 72.7 cm³/mol. The SMILES string of the molecule is CCNc1ncc(Br)cc1CNC(C)(C)C. The van der Waals surface area contributed by atoms with Crippen LogP contribution in [0.5, 0.6) is 0 Å². The van der Waals surface area contributed by atoms with Crippen LogP contribution in [-0.4, -0.2) is 17.1 Å². The van der Waals surface area contributed by atoms with Gasteiger partial charge in [-0.05, 0) is 49.7 Å². The third-order valence-electron chi connectivity index (χ3n) is 2.09. The van der Waals surface area contributed by atoms with Crippen LogP contribution >= 0.6 is 15.9 Å². The monoisotopic (exact) mass is 285 g/mol. The zero-order valence-electron chi connectivity index (χ0n) is 10.4. The van der Waals surface area contributed by atoms with Crippen molar-refractivity contribution < 1.29 is 0 Å². The minimum absolute atomic E-state index is 0.117. The van der Waals surface area contributed by atoms with E-state index >= 15 is 0 Å². The van der Waals surface area contributed by atoms with Crippen LogP contribution in [0.4, 0.5) is 5.82 Å². The summed E-state index contributed by atoms with van der Waals surface area (Å²) in [4.78, 5) is 4.37. The van der Waals surface area contributed by atoms with Gasteiger partial charge in [0.1, 0.15) is 5.82 Å². The zero-order valence-corrected chi connectivity index (χ0v) is 12.0. The van der Waals surface area contributed by atoms with Gasteiger partial charge in [-0.25, -0.2) is 4.98 Å². The minimum atomic E-state index is 0.117. The lowest BCUT2D eigenvalue weighted by Gasteiger charge is -2.21. The minimum Gasteiger partial charge on any atom is -0.370 e. The molecule has 1 aromatic rings. The second kappa shape index (κ2) is 5.64. The van der Waals surface area contributed by atoms with Gasteiger partial charge in [0.15, 0.2) is 0 Å². The van der Waals surface area contributed by atoms with Gasteiger partial charge in [0, 0.05) is 34.9 Å². The first kappa shape index (κ1) is 13.5. The van der Waals surface area contributed by atoms with Crippen LogP contribution in [0.3, 0.4) is 0 Å². The van der Waals surface area contributed by atoms with Crippen LogP contribution in [0.15, 0.2) is 16.7 Å². The van der Waals surface area contributed by atoms with E-state index in [1.54, 1.807) is 0 Å². The van der Waals surface area contributed by atoms with Gasteiger partial charge in [-0.2, -0.15) is 0 Å². The Kier molecular flexibility index (Phi) is 4.74. The number of hydrogen-bond acceptors (Lipinski definition) is 3. The van der Waals surface area contributed by atoms with E-state index in [4.69, 9.17) is 0 Å². The first-order valence-corrected chi connectivity index (χ1v) is 6.35. The molecule has 1 rings (SSSR count). The Labute approximate surface area is 106 Å². The Morgan fingerprint density at radius 2 is 2.06 bits per heavy atom. The summed E-state index contributed by atoms with van der Waals surface area (Å²) in [5.74, 6) is 0.961. The topological polar surface area (TPSA) is 37.0 Å². The van der Waals surface area contributed by atoms with Gasteiger partial charge in [-0.1, -0.05) is 0 Å². The van der Waals surface area contributed by atoms with Crippen molar-refractivity contribution in [3.8, 4) is 0 Å².